The van der Waals surface area contributed by atoms with Crippen molar-refractivity contribution < 1.29 is 19.6 Å². The van der Waals surface area contributed by atoms with E-state index in [1.54, 1.807) is 36.4 Å². The first kappa shape index (κ1) is 14.3. The van der Waals surface area contributed by atoms with Crippen molar-refractivity contribution in [1.29, 1.82) is 0 Å². The maximum atomic E-state index is 12.2. The lowest BCUT2D eigenvalue weighted by atomic mass is 9.79. The van der Waals surface area contributed by atoms with Crippen molar-refractivity contribution in [3.63, 3.8) is 0 Å². The Labute approximate surface area is 130 Å². The number of benzene rings is 2. The number of ketones is 1. The van der Waals surface area contributed by atoms with Gasteiger partial charge in [0.05, 0.1) is 12.0 Å². The average molecular weight is 347 g/mol. The number of ether oxygens (including phenoxy) is 1. The molecule has 106 valence electrons. The fourth-order valence-corrected chi connectivity index (χ4v) is 2.73. The summed E-state index contributed by atoms with van der Waals surface area (Å²) in [5.74, 6) is 0.611. The minimum absolute atomic E-state index is 0.0359. The van der Waals surface area contributed by atoms with Crippen molar-refractivity contribution >= 4 is 34.3 Å². The molecule has 1 unspecified atom stereocenters. The van der Waals surface area contributed by atoms with Gasteiger partial charge in [-0.25, -0.2) is 0 Å². The van der Waals surface area contributed by atoms with Crippen LogP contribution in [0.3, 0.4) is 0 Å². The van der Waals surface area contributed by atoms with Gasteiger partial charge in [-0.05, 0) is 29.2 Å². The highest BCUT2D eigenvalue weighted by atomic mass is 79.9. The Hall–Kier alpha value is -1.63. The number of carbonyl (C=O) groups is 1. The molecule has 1 heterocycles. The Kier molecular flexibility index (Phi) is 3.84. The van der Waals surface area contributed by atoms with E-state index in [0.29, 0.717) is 16.8 Å². The quantitative estimate of drug-likeness (QED) is 0.814. The van der Waals surface area contributed by atoms with Gasteiger partial charge in [0.1, 0.15) is 11.9 Å². The van der Waals surface area contributed by atoms with Gasteiger partial charge in [-0.3, -0.25) is 4.79 Å². The molecule has 0 radical (unpaired) electrons. The van der Waals surface area contributed by atoms with Crippen LogP contribution in [0.2, 0.25) is 0 Å². The summed E-state index contributed by atoms with van der Waals surface area (Å²) in [5.41, 5.74) is 1.83. The zero-order chi connectivity index (χ0) is 15.0. The molecule has 4 nitrogen and oxygen atoms in total. The topological polar surface area (TPSA) is 66.8 Å². The van der Waals surface area contributed by atoms with Gasteiger partial charge < -0.3 is 14.8 Å². The van der Waals surface area contributed by atoms with E-state index in [-0.39, 0.29) is 18.3 Å². The third-order valence-electron chi connectivity index (χ3n) is 3.49. The predicted octanol–water partition coefficient (Wildman–Crippen LogP) is 1.84. The number of hydrogen-bond acceptors (Lipinski definition) is 4. The summed E-state index contributed by atoms with van der Waals surface area (Å²) in [5, 5.41) is 18.2. The number of hydrogen-bond donors (Lipinski definition) is 2. The molecule has 0 amide bonds. The normalized spacial score (nSPS) is 17.1. The van der Waals surface area contributed by atoms with Gasteiger partial charge >= 0.3 is 7.12 Å². The van der Waals surface area contributed by atoms with Crippen molar-refractivity contribution in [3.8, 4) is 5.75 Å². The fraction of sp³-hybridized carbons (Fsp3) is 0.133. The molecule has 2 aromatic rings. The van der Waals surface area contributed by atoms with Crippen LogP contribution < -0.4 is 10.2 Å². The SMILES string of the molecule is O=C1CC(c2ccc(B(O)O)cc2)Oc2ccc(Br)cc21. The van der Waals surface area contributed by atoms with Gasteiger partial charge in [-0.15, -0.1) is 0 Å². The van der Waals surface area contributed by atoms with Crippen LogP contribution >= 0.6 is 15.9 Å². The van der Waals surface area contributed by atoms with Crippen LogP contribution in [0.5, 0.6) is 5.75 Å². The zero-order valence-electron chi connectivity index (χ0n) is 11.0. The highest BCUT2D eigenvalue weighted by Gasteiger charge is 2.27. The average Bonchev–Trinajstić information content (AvgIpc) is 2.48. The lowest BCUT2D eigenvalue weighted by molar-refractivity contribution is 0.0850. The molecule has 0 saturated carbocycles. The van der Waals surface area contributed by atoms with E-state index < -0.39 is 7.12 Å². The molecule has 0 fully saturated rings. The zero-order valence-corrected chi connectivity index (χ0v) is 12.6. The summed E-state index contributed by atoms with van der Waals surface area (Å²) < 4.78 is 6.72. The molecule has 0 saturated heterocycles. The first-order valence-corrected chi connectivity index (χ1v) is 7.29. The van der Waals surface area contributed by atoms with Crippen LogP contribution in [0.1, 0.15) is 28.4 Å². The molecule has 1 atom stereocenters. The smallest absolute Gasteiger partial charge is 0.484 e. The maximum absolute atomic E-state index is 12.2. The molecular weight excluding hydrogens is 335 g/mol. The molecular formula is C15H12BBrO4. The van der Waals surface area contributed by atoms with Crippen molar-refractivity contribution in [2.45, 2.75) is 12.5 Å². The molecule has 6 heteroatoms. The van der Waals surface area contributed by atoms with E-state index in [4.69, 9.17) is 14.8 Å². The molecule has 0 aromatic heterocycles. The van der Waals surface area contributed by atoms with Gasteiger partial charge in [0, 0.05) is 4.47 Å². The third kappa shape index (κ3) is 2.88. The maximum Gasteiger partial charge on any atom is 0.488 e. The Morgan fingerprint density at radius 1 is 1.14 bits per heavy atom. The van der Waals surface area contributed by atoms with Gasteiger partial charge in [-0.2, -0.15) is 0 Å². The van der Waals surface area contributed by atoms with E-state index in [2.05, 4.69) is 15.9 Å². The molecule has 21 heavy (non-hydrogen) atoms. The number of Topliss-reactive ketones (excluding diaryl/α,β-unsaturated/α-hetero) is 1. The van der Waals surface area contributed by atoms with Crippen LogP contribution in [0, 0.1) is 0 Å². The summed E-state index contributed by atoms with van der Waals surface area (Å²) in [4.78, 5) is 12.2. The van der Waals surface area contributed by atoms with Gasteiger partial charge in [0.25, 0.3) is 0 Å². The molecule has 3 rings (SSSR count). The second kappa shape index (κ2) is 5.64. The molecule has 2 N–H and O–H groups in total. The molecule has 1 aliphatic rings. The van der Waals surface area contributed by atoms with Crippen molar-refractivity contribution in [2.24, 2.45) is 0 Å². The van der Waals surface area contributed by atoms with Crippen molar-refractivity contribution in [1.82, 2.24) is 0 Å². The molecule has 0 aliphatic carbocycles. The van der Waals surface area contributed by atoms with Crippen LogP contribution in [-0.4, -0.2) is 22.9 Å². The Balaban J connectivity index is 1.88. The Morgan fingerprint density at radius 3 is 2.52 bits per heavy atom. The third-order valence-corrected chi connectivity index (χ3v) is 3.98. The molecule has 1 aliphatic heterocycles. The van der Waals surface area contributed by atoms with Crippen LogP contribution in [0.25, 0.3) is 0 Å². The number of fused-ring (bicyclic) bond motifs is 1. The Morgan fingerprint density at radius 2 is 1.86 bits per heavy atom. The number of rotatable bonds is 2. The largest absolute Gasteiger partial charge is 0.488 e. The summed E-state index contributed by atoms with van der Waals surface area (Å²) in [6.07, 6.45) is -0.0825. The first-order valence-electron chi connectivity index (χ1n) is 6.50. The van der Waals surface area contributed by atoms with Gasteiger partial charge in [0.15, 0.2) is 5.78 Å². The van der Waals surface area contributed by atoms with Crippen molar-refractivity contribution in [2.75, 3.05) is 0 Å². The lowest BCUT2D eigenvalue weighted by Gasteiger charge is -2.25. The monoisotopic (exact) mass is 346 g/mol. The predicted molar refractivity (Wildman–Crippen MR) is 82.7 cm³/mol. The lowest BCUT2D eigenvalue weighted by Crippen LogP contribution is -2.30. The number of halogens is 1. The number of carbonyl (C=O) groups excluding carboxylic acids is 1. The van der Waals surface area contributed by atoms with E-state index in [1.165, 1.54) is 0 Å². The van der Waals surface area contributed by atoms with Crippen LogP contribution in [0.4, 0.5) is 0 Å². The fourth-order valence-electron chi connectivity index (χ4n) is 2.36. The minimum Gasteiger partial charge on any atom is -0.484 e. The minimum atomic E-state index is -1.49. The standard InChI is InChI=1S/C15H12BBrO4/c17-11-5-6-14-12(7-11)13(18)8-15(21-14)9-1-3-10(4-2-9)16(19)20/h1-7,15,19-20H,8H2. The summed E-state index contributed by atoms with van der Waals surface area (Å²) >= 11 is 3.34. The van der Waals surface area contributed by atoms with Crippen LogP contribution in [0.15, 0.2) is 46.9 Å². The first-order chi connectivity index (χ1) is 10.0. The van der Waals surface area contributed by atoms with Crippen LogP contribution in [-0.2, 0) is 0 Å². The summed E-state index contributed by atoms with van der Waals surface area (Å²) in [6.45, 7) is 0. The van der Waals surface area contributed by atoms with E-state index in [9.17, 15) is 4.79 Å². The van der Waals surface area contributed by atoms with E-state index in [1.807, 2.05) is 6.07 Å². The second-order valence-electron chi connectivity index (χ2n) is 4.91. The summed E-state index contributed by atoms with van der Waals surface area (Å²) in [6, 6.07) is 12.1. The Bertz CT molecular complexity index is 685. The second-order valence-corrected chi connectivity index (χ2v) is 5.83. The molecule has 2 aromatic carbocycles. The highest BCUT2D eigenvalue weighted by Crippen LogP contribution is 2.35. The summed E-state index contributed by atoms with van der Waals surface area (Å²) in [7, 11) is -1.49. The van der Waals surface area contributed by atoms with E-state index >= 15 is 0 Å². The van der Waals surface area contributed by atoms with Gasteiger partial charge in [-0.1, -0.05) is 40.2 Å². The molecule has 0 bridgehead atoms. The van der Waals surface area contributed by atoms with Crippen molar-refractivity contribution in [3.05, 3.63) is 58.1 Å². The molecule has 0 spiro atoms. The van der Waals surface area contributed by atoms with E-state index in [0.717, 1.165) is 10.0 Å². The van der Waals surface area contributed by atoms with Gasteiger partial charge in [0.2, 0.25) is 0 Å². The highest BCUT2D eigenvalue weighted by molar-refractivity contribution is 9.10.